The maximum absolute atomic E-state index is 14.0. The number of aliphatic hydroxyl groups is 1. The predicted molar refractivity (Wildman–Crippen MR) is 108 cm³/mol. The van der Waals surface area contributed by atoms with E-state index in [9.17, 15) is 23.5 Å². The van der Waals surface area contributed by atoms with Crippen LogP contribution in [0.1, 0.15) is 11.1 Å². The largest absolute Gasteiger partial charge is 0.372 e. The van der Waals surface area contributed by atoms with Gasteiger partial charge in [-0.2, -0.15) is 0 Å². The van der Waals surface area contributed by atoms with Crippen LogP contribution in [-0.2, 0) is 15.2 Å². The van der Waals surface area contributed by atoms with E-state index < -0.39 is 35.6 Å². The highest BCUT2D eigenvalue weighted by atomic mass is 35.5. The summed E-state index contributed by atoms with van der Waals surface area (Å²) in [5.74, 6) is -2.82. The third-order valence-corrected chi connectivity index (χ3v) is 5.12. The molecule has 0 spiro atoms. The first-order chi connectivity index (χ1) is 14.3. The fourth-order valence-corrected chi connectivity index (χ4v) is 3.67. The average Bonchev–Trinajstić information content (AvgIpc) is 2.93. The number of halogens is 3. The first-order valence-corrected chi connectivity index (χ1v) is 9.33. The van der Waals surface area contributed by atoms with Gasteiger partial charge in [0.05, 0.1) is 11.4 Å². The Bertz CT molecular complexity index is 1170. The zero-order valence-corrected chi connectivity index (χ0v) is 16.2. The summed E-state index contributed by atoms with van der Waals surface area (Å²) in [5.41, 5.74) is -1.66. The van der Waals surface area contributed by atoms with Crippen LogP contribution in [0.25, 0.3) is 0 Å². The highest BCUT2D eigenvalue weighted by Crippen LogP contribution is 2.44. The zero-order chi connectivity index (χ0) is 21.5. The Labute approximate surface area is 175 Å². The SMILES string of the molecule is O=C(CN1C(=O)[C@](O)(c2cccc(F)c2)c2ccccc21)Nc1ccc(Cl)cc1F. The second-order valence-corrected chi connectivity index (χ2v) is 7.24. The van der Waals surface area contributed by atoms with Gasteiger partial charge in [-0.3, -0.25) is 14.5 Å². The standard InChI is InChI=1S/C22H15ClF2N2O3/c23-14-8-9-18(17(25)11-14)26-20(28)12-27-19-7-2-1-6-16(19)22(30,21(27)29)13-4-3-5-15(24)10-13/h1-11,30H,12H2,(H,26,28)/t22-/m0/s1. The van der Waals surface area contributed by atoms with Crippen molar-refractivity contribution in [3.05, 3.63) is 94.5 Å². The molecule has 2 N–H and O–H groups in total. The smallest absolute Gasteiger partial charge is 0.268 e. The molecule has 2 amide bonds. The minimum atomic E-state index is -2.15. The summed E-state index contributed by atoms with van der Waals surface area (Å²) in [6.07, 6.45) is 0. The number of para-hydroxylation sites is 1. The lowest BCUT2D eigenvalue weighted by molar-refractivity contribution is -0.133. The van der Waals surface area contributed by atoms with Gasteiger partial charge in [0.2, 0.25) is 5.91 Å². The molecule has 4 rings (SSSR count). The Kier molecular flexibility index (Phi) is 5.01. The molecule has 8 heteroatoms. The quantitative estimate of drug-likeness (QED) is 0.663. The first kappa shape index (κ1) is 20.0. The number of benzene rings is 3. The molecule has 3 aromatic carbocycles. The average molecular weight is 429 g/mol. The van der Waals surface area contributed by atoms with Crippen molar-refractivity contribution in [2.24, 2.45) is 0 Å². The van der Waals surface area contributed by atoms with E-state index in [-0.39, 0.29) is 21.8 Å². The van der Waals surface area contributed by atoms with Gasteiger partial charge in [-0.15, -0.1) is 0 Å². The van der Waals surface area contributed by atoms with Gasteiger partial charge in [0, 0.05) is 16.1 Å². The highest BCUT2D eigenvalue weighted by molar-refractivity contribution is 6.30. The van der Waals surface area contributed by atoms with E-state index in [2.05, 4.69) is 5.32 Å². The molecule has 3 aromatic rings. The lowest BCUT2D eigenvalue weighted by atomic mass is 9.87. The number of fused-ring (bicyclic) bond motifs is 1. The van der Waals surface area contributed by atoms with Crippen molar-refractivity contribution in [3.8, 4) is 0 Å². The Hall–Kier alpha value is -3.29. The van der Waals surface area contributed by atoms with E-state index >= 15 is 0 Å². The van der Waals surface area contributed by atoms with Crippen LogP contribution in [0.5, 0.6) is 0 Å². The molecular weight excluding hydrogens is 414 g/mol. The maximum atomic E-state index is 14.0. The van der Waals surface area contributed by atoms with Crippen LogP contribution in [0.3, 0.4) is 0 Å². The number of rotatable bonds is 4. The molecule has 0 fully saturated rings. The summed E-state index contributed by atoms with van der Waals surface area (Å²) >= 11 is 5.71. The summed E-state index contributed by atoms with van der Waals surface area (Å²) in [6.45, 7) is -0.477. The molecular formula is C22H15ClF2N2O3. The van der Waals surface area contributed by atoms with Crippen molar-refractivity contribution in [2.75, 3.05) is 16.8 Å². The van der Waals surface area contributed by atoms with Crippen molar-refractivity contribution in [3.63, 3.8) is 0 Å². The van der Waals surface area contributed by atoms with Crippen molar-refractivity contribution >= 4 is 34.8 Å². The van der Waals surface area contributed by atoms with E-state index in [1.54, 1.807) is 18.2 Å². The summed E-state index contributed by atoms with van der Waals surface area (Å²) in [7, 11) is 0. The van der Waals surface area contributed by atoms with Crippen LogP contribution in [0.4, 0.5) is 20.2 Å². The number of carbonyl (C=O) groups is 2. The monoisotopic (exact) mass is 428 g/mol. The van der Waals surface area contributed by atoms with Gasteiger partial charge in [-0.05, 0) is 36.4 Å². The van der Waals surface area contributed by atoms with Gasteiger partial charge in [-0.1, -0.05) is 41.9 Å². The Morgan fingerprint density at radius 1 is 1.07 bits per heavy atom. The summed E-state index contributed by atoms with van der Waals surface area (Å²) in [6, 6.07) is 15.2. The van der Waals surface area contributed by atoms with Crippen LogP contribution in [0, 0.1) is 11.6 Å². The molecule has 0 saturated heterocycles. The number of nitrogens with one attached hydrogen (secondary N) is 1. The summed E-state index contributed by atoms with van der Waals surface area (Å²) in [4.78, 5) is 26.8. The maximum Gasteiger partial charge on any atom is 0.268 e. The Morgan fingerprint density at radius 2 is 1.83 bits per heavy atom. The fourth-order valence-electron chi connectivity index (χ4n) is 3.51. The third-order valence-electron chi connectivity index (χ3n) is 4.89. The number of hydrogen-bond acceptors (Lipinski definition) is 3. The Morgan fingerprint density at radius 3 is 2.57 bits per heavy atom. The van der Waals surface area contributed by atoms with Crippen LogP contribution < -0.4 is 10.2 Å². The normalized spacial score (nSPS) is 17.7. The van der Waals surface area contributed by atoms with Gasteiger partial charge in [0.25, 0.3) is 5.91 Å². The molecule has 152 valence electrons. The van der Waals surface area contributed by atoms with E-state index in [1.165, 1.54) is 36.4 Å². The molecule has 0 bridgehead atoms. The van der Waals surface area contributed by atoms with Crippen molar-refractivity contribution in [1.29, 1.82) is 0 Å². The van der Waals surface area contributed by atoms with Crippen LogP contribution >= 0.6 is 11.6 Å². The lowest BCUT2D eigenvalue weighted by Gasteiger charge is -2.23. The Balaban J connectivity index is 1.66. The number of nitrogens with zero attached hydrogens (tertiary/aromatic N) is 1. The third kappa shape index (κ3) is 3.32. The van der Waals surface area contributed by atoms with E-state index in [0.717, 1.165) is 17.0 Å². The van der Waals surface area contributed by atoms with Gasteiger partial charge in [-0.25, -0.2) is 8.78 Å². The molecule has 0 radical (unpaired) electrons. The van der Waals surface area contributed by atoms with E-state index in [4.69, 9.17) is 11.6 Å². The van der Waals surface area contributed by atoms with Gasteiger partial charge >= 0.3 is 0 Å². The molecule has 1 aliphatic heterocycles. The van der Waals surface area contributed by atoms with Gasteiger partial charge in [0.15, 0.2) is 5.60 Å². The van der Waals surface area contributed by atoms with Gasteiger partial charge in [0.1, 0.15) is 18.2 Å². The summed E-state index contributed by atoms with van der Waals surface area (Å²) in [5, 5.41) is 13.9. The molecule has 0 aromatic heterocycles. The molecule has 1 heterocycles. The molecule has 30 heavy (non-hydrogen) atoms. The van der Waals surface area contributed by atoms with Crippen molar-refractivity contribution < 1.29 is 23.5 Å². The van der Waals surface area contributed by atoms with Gasteiger partial charge < -0.3 is 10.4 Å². The summed E-state index contributed by atoms with van der Waals surface area (Å²) < 4.78 is 27.7. The molecule has 1 aliphatic rings. The molecule has 0 unspecified atom stereocenters. The molecule has 0 saturated carbocycles. The van der Waals surface area contributed by atoms with Crippen LogP contribution in [0.2, 0.25) is 5.02 Å². The van der Waals surface area contributed by atoms with E-state index in [1.807, 2.05) is 0 Å². The fraction of sp³-hybridized carbons (Fsp3) is 0.0909. The number of amides is 2. The van der Waals surface area contributed by atoms with Crippen molar-refractivity contribution in [2.45, 2.75) is 5.60 Å². The highest BCUT2D eigenvalue weighted by Gasteiger charge is 2.51. The predicted octanol–water partition coefficient (Wildman–Crippen LogP) is 3.84. The molecule has 5 nitrogen and oxygen atoms in total. The van der Waals surface area contributed by atoms with Crippen molar-refractivity contribution in [1.82, 2.24) is 0 Å². The first-order valence-electron chi connectivity index (χ1n) is 8.95. The zero-order valence-electron chi connectivity index (χ0n) is 15.4. The van der Waals surface area contributed by atoms with Crippen LogP contribution in [0.15, 0.2) is 66.7 Å². The number of anilines is 2. The second-order valence-electron chi connectivity index (χ2n) is 6.80. The second kappa shape index (κ2) is 7.51. The molecule has 1 atom stereocenters. The van der Waals surface area contributed by atoms with E-state index in [0.29, 0.717) is 5.69 Å². The number of hydrogen-bond donors (Lipinski definition) is 2. The topological polar surface area (TPSA) is 69.6 Å². The number of carbonyl (C=O) groups excluding carboxylic acids is 2. The minimum Gasteiger partial charge on any atom is -0.372 e. The van der Waals surface area contributed by atoms with Crippen LogP contribution in [-0.4, -0.2) is 23.5 Å². The minimum absolute atomic E-state index is 0.0478. The lowest BCUT2D eigenvalue weighted by Crippen LogP contribution is -2.44. The molecule has 0 aliphatic carbocycles.